The molecule has 2 nitrogen and oxygen atoms in total. The summed E-state index contributed by atoms with van der Waals surface area (Å²) in [7, 11) is 0. The van der Waals surface area contributed by atoms with E-state index in [-0.39, 0.29) is 6.10 Å². The van der Waals surface area contributed by atoms with Gasteiger partial charge in [-0.1, -0.05) is 35.8 Å². The Morgan fingerprint density at radius 1 is 1.47 bits per heavy atom. The van der Waals surface area contributed by atoms with Gasteiger partial charge in [0.05, 0.1) is 12.7 Å². The van der Waals surface area contributed by atoms with Crippen molar-refractivity contribution in [3.05, 3.63) is 28.2 Å². The van der Waals surface area contributed by atoms with Gasteiger partial charge in [0.1, 0.15) is 5.75 Å². The van der Waals surface area contributed by atoms with Crippen LogP contribution in [0.25, 0.3) is 0 Å². The van der Waals surface area contributed by atoms with Gasteiger partial charge in [0.2, 0.25) is 0 Å². The van der Waals surface area contributed by atoms with Crippen molar-refractivity contribution < 1.29 is 9.47 Å². The van der Waals surface area contributed by atoms with E-state index in [1.807, 2.05) is 6.07 Å². The van der Waals surface area contributed by atoms with Crippen LogP contribution in [-0.2, 0) is 4.74 Å². The molecule has 0 saturated carbocycles. The van der Waals surface area contributed by atoms with E-state index in [0.29, 0.717) is 5.92 Å². The maximum Gasteiger partial charge on any atom is 0.126 e. The Bertz CT molecular complexity index is 376. The molecule has 1 aromatic rings. The topological polar surface area (TPSA) is 18.5 Å². The molecule has 0 spiro atoms. The van der Waals surface area contributed by atoms with Crippen LogP contribution in [0.3, 0.4) is 0 Å². The van der Waals surface area contributed by atoms with Crippen molar-refractivity contribution in [2.45, 2.75) is 32.8 Å². The number of fused-ring (bicyclic) bond motifs is 1. The van der Waals surface area contributed by atoms with Crippen LogP contribution >= 0.6 is 15.9 Å². The van der Waals surface area contributed by atoms with E-state index in [0.717, 1.165) is 36.3 Å². The van der Waals surface area contributed by atoms with Crippen molar-refractivity contribution in [2.24, 2.45) is 5.92 Å². The molecule has 2 rings (SSSR count). The van der Waals surface area contributed by atoms with Gasteiger partial charge in [0.15, 0.2) is 0 Å². The molecule has 1 aromatic carbocycles. The SMILES string of the molecule is CC(C)COC1CCCOc2cc(Br)ccc21. The molecule has 0 N–H and O–H groups in total. The van der Waals surface area contributed by atoms with Crippen LogP contribution in [0.15, 0.2) is 22.7 Å². The molecular formula is C14H19BrO2. The van der Waals surface area contributed by atoms with Crippen molar-refractivity contribution in [3.63, 3.8) is 0 Å². The number of hydrogen-bond donors (Lipinski definition) is 0. The van der Waals surface area contributed by atoms with Crippen LogP contribution in [0.1, 0.15) is 38.4 Å². The fraction of sp³-hybridized carbons (Fsp3) is 0.571. The Kier molecular flexibility index (Phi) is 4.46. The third-order valence-corrected chi connectivity index (χ3v) is 3.31. The quantitative estimate of drug-likeness (QED) is 0.827. The first-order valence-corrected chi connectivity index (χ1v) is 7.00. The average Bonchev–Trinajstić information content (AvgIpc) is 2.48. The fourth-order valence-electron chi connectivity index (χ4n) is 1.99. The molecule has 1 heterocycles. The van der Waals surface area contributed by atoms with E-state index in [4.69, 9.17) is 9.47 Å². The molecule has 0 bridgehead atoms. The van der Waals surface area contributed by atoms with Crippen molar-refractivity contribution in [3.8, 4) is 5.75 Å². The molecule has 0 fully saturated rings. The van der Waals surface area contributed by atoms with Gasteiger partial charge in [-0.05, 0) is 30.9 Å². The average molecular weight is 299 g/mol. The fourth-order valence-corrected chi connectivity index (χ4v) is 2.33. The van der Waals surface area contributed by atoms with Gasteiger partial charge in [-0.2, -0.15) is 0 Å². The summed E-state index contributed by atoms with van der Waals surface area (Å²) in [5, 5.41) is 0. The summed E-state index contributed by atoms with van der Waals surface area (Å²) in [6.45, 7) is 5.94. The molecule has 1 atom stereocenters. The largest absolute Gasteiger partial charge is 0.493 e. The lowest BCUT2D eigenvalue weighted by Crippen LogP contribution is -2.08. The zero-order chi connectivity index (χ0) is 12.3. The minimum absolute atomic E-state index is 0.183. The predicted octanol–water partition coefficient (Wildman–Crippen LogP) is 4.34. The summed E-state index contributed by atoms with van der Waals surface area (Å²) in [4.78, 5) is 0. The molecule has 1 unspecified atom stereocenters. The first kappa shape index (κ1) is 12.9. The third kappa shape index (κ3) is 3.46. The maximum atomic E-state index is 6.00. The lowest BCUT2D eigenvalue weighted by molar-refractivity contribution is 0.0300. The maximum absolute atomic E-state index is 6.00. The number of ether oxygens (including phenoxy) is 2. The normalized spacial score (nSPS) is 19.6. The minimum Gasteiger partial charge on any atom is -0.493 e. The number of benzene rings is 1. The highest BCUT2D eigenvalue weighted by atomic mass is 79.9. The highest BCUT2D eigenvalue weighted by molar-refractivity contribution is 9.10. The monoisotopic (exact) mass is 298 g/mol. The van der Waals surface area contributed by atoms with Crippen molar-refractivity contribution in [1.82, 2.24) is 0 Å². The second-order valence-corrected chi connectivity index (χ2v) is 5.80. The second kappa shape index (κ2) is 5.87. The molecule has 0 aromatic heterocycles. The lowest BCUT2D eigenvalue weighted by atomic mass is 10.0. The van der Waals surface area contributed by atoms with E-state index in [1.54, 1.807) is 0 Å². The number of hydrogen-bond acceptors (Lipinski definition) is 2. The molecule has 1 aliphatic rings. The van der Waals surface area contributed by atoms with Crippen molar-refractivity contribution >= 4 is 15.9 Å². The molecule has 17 heavy (non-hydrogen) atoms. The summed E-state index contributed by atoms with van der Waals surface area (Å²) in [6.07, 6.45) is 2.28. The van der Waals surface area contributed by atoms with Crippen LogP contribution in [0.4, 0.5) is 0 Å². The first-order chi connectivity index (χ1) is 8.16. The van der Waals surface area contributed by atoms with E-state index in [2.05, 4.69) is 41.9 Å². The second-order valence-electron chi connectivity index (χ2n) is 4.89. The van der Waals surface area contributed by atoms with Crippen LogP contribution < -0.4 is 4.74 Å². The first-order valence-electron chi connectivity index (χ1n) is 6.20. The number of rotatable bonds is 3. The van der Waals surface area contributed by atoms with Crippen LogP contribution in [-0.4, -0.2) is 13.2 Å². The highest BCUT2D eigenvalue weighted by Gasteiger charge is 2.20. The van der Waals surface area contributed by atoms with Crippen LogP contribution in [0, 0.1) is 5.92 Å². The van der Waals surface area contributed by atoms with Gasteiger partial charge >= 0.3 is 0 Å². The van der Waals surface area contributed by atoms with E-state index < -0.39 is 0 Å². The van der Waals surface area contributed by atoms with E-state index in [1.165, 1.54) is 5.56 Å². The van der Waals surface area contributed by atoms with Gasteiger partial charge in [-0.3, -0.25) is 0 Å². The number of halogens is 1. The summed E-state index contributed by atoms with van der Waals surface area (Å²) in [5.41, 5.74) is 1.19. The lowest BCUT2D eigenvalue weighted by Gasteiger charge is -2.19. The summed E-state index contributed by atoms with van der Waals surface area (Å²) in [5.74, 6) is 1.53. The standard InChI is InChI=1S/C14H19BrO2/c1-10(2)9-17-13-4-3-7-16-14-8-11(15)5-6-12(13)14/h5-6,8,10,13H,3-4,7,9H2,1-2H3. The molecule has 0 aliphatic carbocycles. The van der Waals surface area contributed by atoms with Gasteiger partial charge in [0.25, 0.3) is 0 Å². The highest BCUT2D eigenvalue weighted by Crippen LogP contribution is 2.35. The Morgan fingerprint density at radius 3 is 3.06 bits per heavy atom. The molecule has 0 saturated heterocycles. The van der Waals surface area contributed by atoms with Gasteiger partial charge in [0, 0.05) is 16.6 Å². The van der Waals surface area contributed by atoms with Crippen molar-refractivity contribution in [2.75, 3.05) is 13.2 Å². The predicted molar refractivity (Wildman–Crippen MR) is 72.4 cm³/mol. The smallest absolute Gasteiger partial charge is 0.126 e. The molecule has 0 radical (unpaired) electrons. The summed E-state index contributed by atoms with van der Waals surface area (Å²) < 4.78 is 12.8. The Morgan fingerprint density at radius 2 is 2.29 bits per heavy atom. The molecule has 1 aliphatic heterocycles. The van der Waals surface area contributed by atoms with Crippen molar-refractivity contribution in [1.29, 1.82) is 0 Å². The van der Waals surface area contributed by atoms with Gasteiger partial charge in [-0.25, -0.2) is 0 Å². The Balaban J connectivity index is 2.18. The van der Waals surface area contributed by atoms with Gasteiger partial charge < -0.3 is 9.47 Å². The Labute approximate surface area is 111 Å². The molecule has 0 amide bonds. The minimum atomic E-state index is 0.183. The summed E-state index contributed by atoms with van der Waals surface area (Å²) in [6, 6.07) is 6.20. The van der Waals surface area contributed by atoms with E-state index >= 15 is 0 Å². The molecular weight excluding hydrogens is 280 g/mol. The van der Waals surface area contributed by atoms with E-state index in [9.17, 15) is 0 Å². The zero-order valence-electron chi connectivity index (χ0n) is 10.4. The van der Waals surface area contributed by atoms with Gasteiger partial charge in [-0.15, -0.1) is 0 Å². The zero-order valence-corrected chi connectivity index (χ0v) is 12.0. The third-order valence-electron chi connectivity index (χ3n) is 2.82. The van der Waals surface area contributed by atoms with Crippen LogP contribution in [0.2, 0.25) is 0 Å². The summed E-state index contributed by atoms with van der Waals surface area (Å²) >= 11 is 3.48. The Hall–Kier alpha value is -0.540. The van der Waals surface area contributed by atoms with Crippen LogP contribution in [0.5, 0.6) is 5.75 Å². The molecule has 94 valence electrons. The molecule has 3 heteroatoms.